The Bertz CT molecular complexity index is 534. The molecule has 0 spiro atoms. The summed E-state index contributed by atoms with van der Waals surface area (Å²) >= 11 is 1.45. The Morgan fingerprint density at radius 1 is 1.35 bits per heavy atom. The minimum atomic E-state index is 0.516. The predicted molar refractivity (Wildman–Crippen MR) is 80.8 cm³/mol. The lowest BCUT2D eigenvalue weighted by molar-refractivity contribution is 0.209. The van der Waals surface area contributed by atoms with Crippen molar-refractivity contribution in [2.24, 2.45) is 0 Å². The van der Waals surface area contributed by atoms with Gasteiger partial charge in [0.2, 0.25) is 5.13 Å². The highest BCUT2D eigenvalue weighted by Gasteiger charge is 2.20. The maximum atomic E-state index is 4.39. The second kappa shape index (κ2) is 6.28. The molecule has 106 valence electrons. The molecule has 6 heteroatoms. The maximum Gasteiger partial charge on any atom is 0.202 e. The van der Waals surface area contributed by atoms with E-state index in [1.807, 2.05) is 19.2 Å². The fourth-order valence-electron chi connectivity index (χ4n) is 2.49. The van der Waals surface area contributed by atoms with Gasteiger partial charge in [0.25, 0.3) is 0 Å². The van der Waals surface area contributed by atoms with Gasteiger partial charge < -0.3 is 5.32 Å². The van der Waals surface area contributed by atoms with Crippen molar-refractivity contribution in [1.29, 1.82) is 0 Å². The summed E-state index contributed by atoms with van der Waals surface area (Å²) < 4.78 is 4.20. The number of hydrogen-bond donors (Lipinski definition) is 1. The third-order valence-electron chi connectivity index (χ3n) is 3.55. The average molecular weight is 289 g/mol. The maximum absolute atomic E-state index is 4.39. The van der Waals surface area contributed by atoms with Crippen molar-refractivity contribution in [2.45, 2.75) is 32.4 Å². The van der Waals surface area contributed by atoms with Crippen molar-refractivity contribution in [2.75, 3.05) is 18.4 Å². The molecule has 1 saturated heterocycles. The van der Waals surface area contributed by atoms with Gasteiger partial charge in [-0.2, -0.15) is 4.37 Å². The van der Waals surface area contributed by atoms with Crippen molar-refractivity contribution < 1.29 is 0 Å². The summed E-state index contributed by atoms with van der Waals surface area (Å²) in [6.45, 7) is 5.08. The molecule has 1 aliphatic rings. The Morgan fingerprint density at radius 2 is 2.20 bits per heavy atom. The van der Waals surface area contributed by atoms with Gasteiger partial charge in [0.15, 0.2) is 0 Å². The number of aryl methyl sites for hydroxylation is 1. The first-order chi connectivity index (χ1) is 9.79. The van der Waals surface area contributed by atoms with Crippen LogP contribution >= 0.6 is 11.5 Å². The largest absolute Gasteiger partial charge is 0.357 e. The van der Waals surface area contributed by atoms with Gasteiger partial charge in [0.1, 0.15) is 5.82 Å². The summed E-state index contributed by atoms with van der Waals surface area (Å²) in [5.74, 6) is 0.852. The second-order valence-corrected chi connectivity index (χ2v) is 5.91. The quantitative estimate of drug-likeness (QED) is 0.936. The summed E-state index contributed by atoms with van der Waals surface area (Å²) in [7, 11) is 0. The Balaban J connectivity index is 1.47. The minimum absolute atomic E-state index is 0.516. The van der Waals surface area contributed by atoms with E-state index in [1.165, 1.54) is 11.5 Å². The summed E-state index contributed by atoms with van der Waals surface area (Å²) in [5, 5.41) is 4.44. The van der Waals surface area contributed by atoms with E-state index < -0.39 is 0 Å². The van der Waals surface area contributed by atoms with E-state index >= 15 is 0 Å². The molecule has 0 unspecified atom stereocenters. The standard InChI is InChI=1S/C14H19N5S/c1-11-16-14(20-18-11)17-12-5-8-19(9-6-12)10-13-4-2-3-7-15-13/h2-4,7,12H,5-6,8-10H2,1H3,(H,16,17,18). The van der Waals surface area contributed by atoms with Crippen LogP contribution in [0.1, 0.15) is 24.4 Å². The zero-order valence-electron chi connectivity index (χ0n) is 11.6. The first-order valence-corrected chi connectivity index (χ1v) is 7.76. The monoisotopic (exact) mass is 289 g/mol. The Morgan fingerprint density at radius 3 is 2.85 bits per heavy atom. The second-order valence-electron chi connectivity index (χ2n) is 5.16. The highest BCUT2D eigenvalue weighted by Crippen LogP contribution is 2.18. The van der Waals surface area contributed by atoms with Gasteiger partial charge in [-0.25, -0.2) is 4.98 Å². The number of hydrogen-bond acceptors (Lipinski definition) is 6. The molecule has 2 aromatic rings. The highest BCUT2D eigenvalue weighted by atomic mass is 32.1. The summed E-state index contributed by atoms with van der Waals surface area (Å²) in [6, 6.07) is 6.62. The first kappa shape index (κ1) is 13.5. The molecule has 1 N–H and O–H groups in total. The van der Waals surface area contributed by atoms with E-state index in [9.17, 15) is 0 Å². The lowest BCUT2D eigenvalue weighted by atomic mass is 10.1. The molecule has 0 amide bonds. The molecule has 0 saturated carbocycles. The summed E-state index contributed by atoms with van der Waals surface area (Å²) in [5.41, 5.74) is 1.15. The lowest BCUT2D eigenvalue weighted by Gasteiger charge is -2.31. The molecule has 0 atom stereocenters. The van der Waals surface area contributed by atoms with Crippen molar-refractivity contribution in [1.82, 2.24) is 19.2 Å². The van der Waals surface area contributed by atoms with Crippen LogP contribution in [0, 0.1) is 6.92 Å². The number of likely N-dealkylation sites (tertiary alicyclic amines) is 1. The van der Waals surface area contributed by atoms with Crippen LogP contribution in [0.4, 0.5) is 5.13 Å². The van der Waals surface area contributed by atoms with Crippen LogP contribution in [0.15, 0.2) is 24.4 Å². The number of rotatable bonds is 4. The number of nitrogens with one attached hydrogen (secondary N) is 1. The first-order valence-electron chi connectivity index (χ1n) is 6.99. The smallest absolute Gasteiger partial charge is 0.202 e. The minimum Gasteiger partial charge on any atom is -0.357 e. The third kappa shape index (κ3) is 3.52. The molecule has 3 rings (SSSR count). The van der Waals surface area contributed by atoms with Crippen LogP contribution in [0.2, 0.25) is 0 Å². The van der Waals surface area contributed by atoms with Crippen LogP contribution < -0.4 is 5.32 Å². The van der Waals surface area contributed by atoms with Gasteiger partial charge in [0.05, 0.1) is 5.69 Å². The fourth-order valence-corrected chi connectivity index (χ4v) is 3.14. The molecule has 5 nitrogen and oxygen atoms in total. The van der Waals surface area contributed by atoms with Gasteiger partial charge in [-0.3, -0.25) is 9.88 Å². The van der Waals surface area contributed by atoms with Crippen molar-refractivity contribution in [3.63, 3.8) is 0 Å². The van der Waals surface area contributed by atoms with Gasteiger partial charge in [-0.15, -0.1) is 0 Å². The topological polar surface area (TPSA) is 53.9 Å². The fraction of sp³-hybridized carbons (Fsp3) is 0.500. The predicted octanol–water partition coefficient (Wildman–Crippen LogP) is 2.32. The average Bonchev–Trinajstić information content (AvgIpc) is 2.88. The van der Waals surface area contributed by atoms with E-state index in [2.05, 4.69) is 36.7 Å². The summed E-state index contributed by atoms with van der Waals surface area (Å²) in [4.78, 5) is 11.2. The molecular formula is C14H19N5S. The van der Waals surface area contributed by atoms with Crippen LogP contribution in [0.5, 0.6) is 0 Å². The molecule has 0 bridgehead atoms. The van der Waals surface area contributed by atoms with E-state index in [-0.39, 0.29) is 0 Å². The van der Waals surface area contributed by atoms with E-state index in [0.29, 0.717) is 6.04 Å². The number of aromatic nitrogens is 3. The Hall–Kier alpha value is -1.53. The summed E-state index contributed by atoms with van der Waals surface area (Å²) in [6.07, 6.45) is 4.15. The molecule has 20 heavy (non-hydrogen) atoms. The molecule has 2 aromatic heterocycles. The van der Waals surface area contributed by atoms with Gasteiger partial charge in [-0.05, 0) is 31.9 Å². The van der Waals surface area contributed by atoms with Crippen molar-refractivity contribution >= 4 is 16.7 Å². The van der Waals surface area contributed by atoms with E-state index in [4.69, 9.17) is 0 Å². The molecule has 0 aliphatic carbocycles. The SMILES string of the molecule is Cc1nsc(NC2CCN(Cc3ccccn3)CC2)n1. The van der Waals surface area contributed by atoms with Gasteiger partial charge in [-0.1, -0.05) is 6.07 Å². The molecule has 1 aliphatic heterocycles. The zero-order valence-corrected chi connectivity index (χ0v) is 12.4. The number of piperidine rings is 1. The zero-order chi connectivity index (χ0) is 13.8. The molecule has 3 heterocycles. The molecule has 1 fully saturated rings. The van der Waals surface area contributed by atoms with Crippen LogP contribution in [-0.4, -0.2) is 38.4 Å². The van der Waals surface area contributed by atoms with Gasteiger partial charge >= 0.3 is 0 Å². The molecule has 0 aromatic carbocycles. The van der Waals surface area contributed by atoms with Gasteiger partial charge in [0, 0.05) is 43.4 Å². The normalized spacial score (nSPS) is 17.2. The molecular weight excluding hydrogens is 270 g/mol. The van der Waals surface area contributed by atoms with Crippen LogP contribution in [-0.2, 0) is 6.54 Å². The Kier molecular flexibility index (Phi) is 4.22. The van der Waals surface area contributed by atoms with Crippen molar-refractivity contribution in [3.8, 4) is 0 Å². The van der Waals surface area contributed by atoms with Crippen molar-refractivity contribution in [3.05, 3.63) is 35.9 Å². The highest BCUT2D eigenvalue weighted by molar-refractivity contribution is 7.09. The van der Waals surface area contributed by atoms with Crippen LogP contribution in [0.3, 0.4) is 0 Å². The van der Waals surface area contributed by atoms with Crippen LogP contribution in [0.25, 0.3) is 0 Å². The van der Waals surface area contributed by atoms with E-state index in [0.717, 1.165) is 49.1 Å². The number of nitrogens with zero attached hydrogens (tertiary/aromatic N) is 4. The molecule has 0 radical (unpaired) electrons. The lowest BCUT2D eigenvalue weighted by Crippen LogP contribution is -2.38. The van der Waals surface area contributed by atoms with E-state index in [1.54, 1.807) is 0 Å². The number of pyridine rings is 1. The Labute approximate surface area is 123 Å². The number of anilines is 1. The third-order valence-corrected chi connectivity index (χ3v) is 4.29.